The molecular weight excluding hydrogens is 539 g/mol. The molecule has 3 atom stereocenters. The lowest BCUT2D eigenvalue weighted by Gasteiger charge is -2.25. The van der Waals surface area contributed by atoms with E-state index in [1.165, 1.54) is 77.0 Å². The number of nitrogens with one attached hydrogen (secondary N) is 1. The Labute approximate surface area is 252 Å². The maximum absolute atomic E-state index is 12.6. The molecule has 41 heavy (non-hydrogen) atoms. The highest BCUT2D eigenvalue weighted by molar-refractivity contribution is 7.47. The Kier molecular flexibility index (Phi) is 28.8. The number of hydrogen-bond donors (Lipinski definition) is 4. The van der Waals surface area contributed by atoms with Gasteiger partial charge in [-0.1, -0.05) is 122 Å². The highest BCUT2D eigenvalue weighted by Crippen LogP contribution is 2.43. The molecule has 0 saturated carbocycles. The third-order valence-electron chi connectivity index (χ3n) is 7.37. The molecule has 9 heteroatoms. The highest BCUT2D eigenvalue weighted by atomic mass is 31.2. The first-order chi connectivity index (χ1) is 19.9. The number of aliphatic hydroxyl groups excluding tert-OH is 1. The molecule has 0 bridgehead atoms. The summed E-state index contributed by atoms with van der Waals surface area (Å²) in [4.78, 5) is 22.5. The summed E-state index contributed by atoms with van der Waals surface area (Å²) in [7, 11) is -4.30. The predicted octanol–water partition coefficient (Wildman–Crippen LogP) is 8.10. The van der Waals surface area contributed by atoms with Crippen molar-refractivity contribution in [3.8, 4) is 0 Å². The van der Waals surface area contributed by atoms with Crippen molar-refractivity contribution in [1.82, 2.24) is 5.32 Å². The number of rotatable bonds is 31. The van der Waals surface area contributed by atoms with Gasteiger partial charge in [-0.3, -0.25) is 13.8 Å². The van der Waals surface area contributed by atoms with Crippen LogP contribution < -0.4 is 11.1 Å². The molecule has 244 valence electrons. The third-order valence-corrected chi connectivity index (χ3v) is 8.35. The van der Waals surface area contributed by atoms with E-state index in [2.05, 4.69) is 31.3 Å². The van der Waals surface area contributed by atoms with Gasteiger partial charge in [0.1, 0.15) is 0 Å². The average Bonchev–Trinajstić information content (AvgIpc) is 2.95. The lowest BCUT2D eigenvalue weighted by atomic mass is 10.0. The maximum Gasteiger partial charge on any atom is 0.472 e. The van der Waals surface area contributed by atoms with Gasteiger partial charge in [0.05, 0.1) is 25.4 Å². The first kappa shape index (κ1) is 40.2. The van der Waals surface area contributed by atoms with Gasteiger partial charge in [-0.15, -0.1) is 0 Å². The lowest BCUT2D eigenvalue weighted by Crippen LogP contribution is -2.46. The summed E-state index contributed by atoms with van der Waals surface area (Å²) in [6, 6.07) is -0.771. The summed E-state index contributed by atoms with van der Waals surface area (Å²) in [6.45, 7) is 4.13. The summed E-state index contributed by atoms with van der Waals surface area (Å²) >= 11 is 0. The van der Waals surface area contributed by atoms with Crippen LogP contribution in [-0.4, -0.2) is 47.8 Å². The number of amides is 1. The fourth-order valence-corrected chi connectivity index (χ4v) is 5.54. The second-order valence-corrected chi connectivity index (χ2v) is 12.8. The van der Waals surface area contributed by atoms with Crippen molar-refractivity contribution in [1.29, 1.82) is 0 Å². The monoisotopic (exact) mass is 604 g/mol. The zero-order chi connectivity index (χ0) is 30.4. The molecule has 5 N–H and O–H groups in total. The Morgan fingerprint density at radius 1 is 0.780 bits per heavy atom. The molecule has 0 fully saturated rings. The Hall–Kier alpha value is -0.760. The number of hydrogen-bond acceptors (Lipinski definition) is 6. The van der Waals surface area contributed by atoms with Crippen molar-refractivity contribution in [2.75, 3.05) is 19.8 Å². The number of unbranched alkanes of at least 4 members (excludes halogenated alkanes) is 17. The van der Waals surface area contributed by atoms with Crippen molar-refractivity contribution in [2.45, 2.75) is 167 Å². The second kappa shape index (κ2) is 29.3. The van der Waals surface area contributed by atoms with E-state index in [-0.39, 0.29) is 25.7 Å². The van der Waals surface area contributed by atoms with Gasteiger partial charge in [-0.25, -0.2) is 4.57 Å². The molecule has 8 nitrogen and oxygen atoms in total. The molecule has 3 unspecified atom stereocenters. The largest absolute Gasteiger partial charge is 0.472 e. The van der Waals surface area contributed by atoms with Crippen LogP contribution in [0.5, 0.6) is 0 Å². The maximum atomic E-state index is 12.6. The molecular formula is C32H65N2O6P. The fraction of sp³-hybridized carbons (Fsp3) is 0.906. The van der Waals surface area contributed by atoms with Crippen LogP contribution in [0.15, 0.2) is 12.2 Å². The molecule has 0 aromatic heterocycles. The number of nitrogens with two attached hydrogens (primary N) is 1. The van der Waals surface area contributed by atoms with Crippen molar-refractivity contribution in [3.63, 3.8) is 0 Å². The van der Waals surface area contributed by atoms with Crippen LogP contribution in [0.1, 0.15) is 155 Å². The van der Waals surface area contributed by atoms with E-state index >= 15 is 0 Å². The van der Waals surface area contributed by atoms with Gasteiger partial charge in [0.25, 0.3) is 0 Å². The average molecular weight is 605 g/mol. The van der Waals surface area contributed by atoms with E-state index in [9.17, 15) is 19.4 Å². The Balaban J connectivity index is 4.32. The number of allylic oxidation sites excluding steroid dienone is 2. The molecule has 0 aromatic carbocycles. The van der Waals surface area contributed by atoms with E-state index in [4.69, 9.17) is 14.8 Å². The quantitative estimate of drug-likeness (QED) is 0.0357. The van der Waals surface area contributed by atoms with E-state index < -0.39 is 20.0 Å². The minimum atomic E-state index is -4.30. The minimum Gasteiger partial charge on any atom is -0.391 e. The van der Waals surface area contributed by atoms with Crippen LogP contribution in [0.3, 0.4) is 0 Å². The minimum absolute atomic E-state index is 0.0884. The van der Waals surface area contributed by atoms with E-state index in [0.29, 0.717) is 12.8 Å². The van der Waals surface area contributed by atoms with Gasteiger partial charge < -0.3 is 21.1 Å². The number of phosphoric acid groups is 1. The normalized spacial score (nSPS) is 14.8. The number of carbonyl (C=O) groups excluding carboxylic acids is 1. The van der Waals surface area contributed by atoms with E-state index in [0.717, 1.165) is 51.4 Å². The highest BCUT2D eigenvalue weighted by Gasteiger charge is 2.27. The van der Waals surface area contributed by atoms with Crippen molar-refractivity contribution in [3.05, 3.63) is 12.2 Å². The SMILES string of the molecule is CCCCCC/C=C\CCCCCCCC(=O)NC(COP(=O)(O)OCCN)C(O)CCCCCCCCCCC. The van der Waals surface area contributed by atoms with Crippen LogP contribution >= 0.6 is 7.82 Å². The van der Waals surface area contributed by atoms with Crippen molar-refractivity contribution >= 4 is 13.7 Å². The van der Waals surface area contributed by atoms with Gasteiger partial charge in [-0.05, 0) is 38.5 Å². The van der Waals surface area contributed by atoms with Crippen LogP contribution in [0.2, 0.25) is 0 Å². The van der Waals surface area contributed by atoms with Gasteiger partial charge >= 0.3 is 7.82 Å². The van der Waals surface area contributed by atoms with Crippen molar-refractivity contribution < 1.29 is 28.4 Å². The van der Waals surface area contributed by atoms with Gasteiger partial charge in [0.2, 0.25) is 5.91 Å². The first-order valence-corrected chi connectivity index (χ1v) is 18.3. The van der Waals surface area contributed by atoms with Crippen LogP contribution in [0, 0.1) is 0 Å². The molecule has 0 heterocycles. The molecule has 0 aliphatic rings. The summed E-state index contributed by atoms with van der Waals surface area (Å²) in [5.41, 5.74) is 5.34. The first-order valence-electron chi connectivity index (χ1n) is 16.8. The van der Waals surface area contributed by atoms with Crippen LogP contribution in [0.25, 0.3) is 0 Å². The predicted molar refractivity (Wildman–Crippen MR) is 171 cm³/mol. The van der Waals surface area contributed by atoms with Gasteiger partial charge in [0, 0.05) is 13.0 Å². The molecule has 0 aromatic rings. The van der Waals surface area contributed by atoms with E-state index in [1.807, 2.05) is 0 Å². The molecule has 0 saturated heterocycles. The van der Waals surface area contributed by atoms with E-state index in [1.54, 1.807) is 0 Å². The molecule has 0 radical (unpaired) electrons. The lowest BCUT2D eigenvalue weighted by molar-refractivity contribution is -0.123. The molecule has 0 aliphatic heterocycles. The summed E-state index contributed by atoms with van der Waals surface area (Å²) < 4.78 is 22.0. The fourth-order valence-electron chi connectivity index (χ4n) is 4.78. The topological polar surface area (TPSA) is 131 Å². The summed E-state index contributed by atoms with van der Waals surface area (Å²) in [6.07, 6.45) is 27.9. The summed E-state index contributed by atoms with van der Waals surface area (Å²) in [5.74, 6) is -0.175. The zero-order valence-electron chi connectivity index (χ0n) is 26.5. The molecule has 0 aliphatic carbocycles. The van der Waals surface area contributed by atoms with Crippen LogP contribution in [-0.2, 0) is 18.4 Å². The Morgan fingerprint density at radius 2 is 1.27 bits per heavy atom. The Bertz CT molecular complexity index is 664. The van der Waals surface area contributed by atoms with Gasteiger partial charge in [-0.2, -0.15) is 0 Å². The zero-order valence-corrected chi connectivity index (χ0v) is 27.4. The third kappa shape index (κ3) is 27.8. The molecule has 0 rings (SSSR count). The van der Waals surface area contributed by atoms with Gasteiger partial charge in [0.15, 0.2) is 0 Å². The second-order valence-electron chi connectivity index (χ2n) is 11.4. The molecule has 1 amide bonds. The van der Waals surface area contributed by atoms with Crippen LogP contribution in [0.4, 0.5) is 0 Å². The smallest absolute Gasteiger partial charge is 0.391 e. The Morgan fingerprint density at radius 3 is 1.83 bits per heavy atom. The molecule has 0 spiro atoms. The standard InChI is InChI=1S/C32H65N2O6P/c1-3-5-7-9-11-13-14-15-16-18-20-22-24-26-32(36)34-30(29-40-41(37,38)39-28-27-33)31(35)25-23-21-19-17-12-10-8-6-4-2/h13-14,30-31,35H,3-12,15-29,33H2,1-2H3,(H,34,36)(H,37,38)/b14-13-. The van der Waals surface area contributed by atoms with Crippen molar-refractivity contribution in [2.24, 2.45) is 5.73 Å². The number of carbonyl (C=O) groups is 1. The number of aliphatic hydroxyl groups is 1. The number of phosphoric ester groups is 1. The summed E-state index contributed by atoms with van der Waals surface area (Å²) in [5, 5.41) is 13.6.